The van der Waals surface area contributed by atoms with Crippen molar-refractivity contribution in [1.82, 2.24) is 24.7 Å². The van der Waals surface area contributed by atoms with Gasteiger partial charge in [-0.25, -0.2) is 4.98 Å². The summed E-state index contributed by atoms with van der Waals surface area (Å²) in [6.07, 6.45) is 4.41. The third-order valence-corrected chi connectivity index (χ3v) is 4.55. The molecule has 0 aliphatic rings. The topological polar surface area (TPSA) is 59.4 Å². The number of aromatic amines is 1. The molecule has 0 fully saturated rings. The number of rotatable bonds is 3. The van der Waals surface area contributed by atoms with Crippen LogP contribution in [0.2, 0.25) is 0 Å². The Bertz CT molecular complexity index is 785. The summed E-state index contributed by atoms with van der Waals surface area (Å²) in [4.78, 5) is 9.82. The molecule has 0 atom stereocenters. The van der Waals surface area contributed by atoms with E-state index in [9.17, 15) is 0 Å². The molecule has 0 radical (unpaired) electrons. The molecule has 3 heterocycles. The highest BCUT2D eigenvalue weighted by atomic mass is 32.1. The van der Waals surface area contributed by atoms with Crippen molar-refractivity contribution in [2.75, 3.05) is 0 Å². The summed E-state index contributed by atoms with van der Waals surface area (Å²) in [7, 11) is 1.91. The first-order chi connectivity index (χ1) is 9.70. The van der Waals surface area contributed by atoms with Crippen LogP contribution in [-0.4, -0.2) is 24.7 Å². The van der Waals surface area contributed by atoms with Crippen molar-refractivity contribution in [2.24, 2.45) is 7.05 Å². The van der Waals surface area contributed by atoms with Crippen LogP contribution in [0.15, 0.2) is 24.5 Å². The number of aromatic nitrogens is 5. The lowest BCUT2D eigenvalue weighted by atomic mass is 10.2. The molecule has 0 aliphatic heterocycles. The van der Waals surface area contributed by atoms with E-state index in [-0.39, 0.29) is 0 Å². The largest absolute Gasteiger partial charge is 0.303 e. The Kier molecular flexibility index (Phi) is 3.45. The van der Waals surface area contributed by atoms with Crippen molar-refractivity contribution >= 4 is 23.6 Å². The van der Waals surface area contributed by atoms with Crippen LogP contribution in [-0.2, 0) is 13.5 Å². The molecule has 3 aromatic heterocycles. The number of nitrogens with zero attached hydrogens (tertiary/aromatic N) is 4. The first-order valence-corrected chi connectivity index (χ1v) is 7.45. The summed E-state index contributed by atoms with van der Waals surface area (Å²) in [5.41, 5.74) is 2.11. The van der Waals surface area contributed by atoms with Crippen LogP contribution < -0.4 is 0 Å². The minimum absolute atomic E-state index is 0.612. The van der Waals surface area contributed by atoms with E-state index in [2.05, 4.69) is 22.1 Å². The Morgan fingerprint density at radius 2 is 2.10 bits per heavy atom. The van der Waals surface area contributed by atoms with Crippen LogP contribution in [0.4, 0.5) is 0 Å². The SMILES string of the molecule is CCc1nc(-c2ccncc2)sc1-c1n[nH]c(=S)n1C. The highest BCUT2D eigenvalue weighted by molar-refractivity contribution is 7.71. The van der Waals surface area contributed by atoms with Crippen LogP contribution in [0.5, 0.6) is 0 Å². The first-order valence-electron chi connectivity index (χ1n) is 6.22. The smallest absolute Gasteiger partial charge is 0.195 e. The number of aryl methyl sites for hydroxylation is 1. The van der Waals surface area contributed by atoms with E-state index in [0.717, 1.165) is 33.4 Å². The van der Waals surface area contributed by atoms with Gasteiger partial charge in [0, 0.05) is 25.0 Å². The van der Waals surface area contributed by atoms with Gasteiger partial charge in [-0.2, -0.15) is 5.10 Å². The fraction of sp³-hybridized carbons (Fsp3) is 0.231. The molecule has 0 bridgehead atoms. The highest BCUT2D eigenvalue weighted by Crippen LogP contribution is 2.34. The normalized spacial score (nSPS) is 10.9. The fourth-order valence-corrected chi connectivity index (χ4v) is 3.25. The van der Waals surface area contributed by atoms with Gasteiger partial charge < -0.3 is 4.57 Å². The molecule has 5 nitrogen and oxygen atoms in total. The van der Waals surface area contributed by atoms with Gasteiger partial charge >= 0.3 is 0 Å². The number of hydrogen-bond acceptors (Lipinski definition) is 5. The second-order valence-corrected chi connectivity index (χ2v) is 5.68. The lowest BCUT2D eigenvalue weighted by Crippen LogP contribution is -1.93. The van der Waals surface area contributed by atoms with Gasteiger partial charge in [-0.05, 0) is 30.8 Å². The number of thiazole rings is 1. The van der Waals surface area contributed by atoms with Crippen molar-refractivity contribution in [3.63, 3.8) is 0 Å². The summed E-state index contributed by atoms with van der Waals surface area (Å²) < 4.78 is 2.49. The maximum atomic E-state index is 5.17. The summed E-state index contributed by atoms with van der Waals surface area (Å²) in [6, 6.07) is 3.93. The molecule has 0 saturated carbocycles. The lowest BCUT2D eigenvalue weighted by Gasteiger charge is -1.98. The minimum atomic E-state index is 0.612. The fourth-order valence-electron chi connectivity index (χ4n) is 1.93. The number of hydrogen-bond donors (Lipinski definition) is 1. The third-order valence-electron chi connectivity index (χ3n) is 3.04. The van der Waals surface area contributed by atoms with Gasteiger partial charge in [-0.1, -0.05) is 6.92 Å². The average molecular weight is 303 g/mol. The van der Waals surface area contributed by atoms with Gasteiger partial charge in [0.05, 0.1) is 10.6 Å². The zero-order valence-electron chi connectivity index (χ0n) is 11.1. The Morgan fingerprint density at radius 1 is 1.35 bits per heavy atom. The number of H-pyrrole nitrogens is 1. The van der Waals surface area contributed by atoms with Crippen molar-refractivity contribution in [3.8, 4) is 21.3 Å². The molecule has 0 aliphatic carbocycles. The molecule has 3 aromatic rings. The van der Waals surface area contributed by atoms with Crippen LogP contribution in [0.1, 0.15) is 12.6 Å². The van der Waals surface area contributed by atoms with E-state index in [1.807, 2.05) is 23.7 Å². The van der Waals surface area contributed by atoms with Crippen molar-refractivity contribution in [1.29, 1.82) is 0 Å². The summed E-state index contributed by atoms with van der Waals surface area (Å²) in [5.74, 6) is 0.838. The second-order valence-electron chi connectivity index (χ2n) is 4.30. The van der Waals surface area contributed by atoms with E-state index >= 15 is 0 Å². The number of nitrogens with one attached hydrogen (secondary N) is 1. The third kappa shape index (κ3) is 2.19. The maximum absolute atomic E-state index is 5.17. The molecular weight excluding hydrogens is 290 g/mol. The van der Waals surface area contributed by atoms with Crippen LogP contribution in [0.3, 0.4) is 0 Å². The molecule has 102 valence electrons. The zero-order chi connectivity index (χ0) is 14.1. The highest BCUT2D eigenvalue weighted by Gasteiger charge is 2.17. The Labute approximate surface area is 125 Å². The van der Waals surface area contributed by atoms with Gasteiger partial charge in [0.25, 0.3) is 0 Å². The second kappa shape index (κ2) is 5.26. The van der Waals surface area contributed by atoms with E-state index in [4.69, 9.17) is 17.2 Å². The van der Waals surface area contributed by atoms with E-state index in [1.54, 1.807) is 23.7 Å². The lowest BCUT2D eigenvalue weighted by molar-refractivity contribution is 0.900. The van der Waals surface area contributed by atoms with Gasteiger partial charge in [-0.3, -0.25) is 10.1 Å². The molecule has 7 heteroatoms. The summed E-state index contributed by atoms with van der Waals surface area (Å²) >= 11 is 6.80. The van der Waals surface area contributed by atoms with Gasteiger partial charge in [-0.15, -0.1) is 11.3 Å². The van der Waals surface area contributed by atoms with Crippen LogP contribution in [0, 0.1) is 4.77 Å². The molecule has 0 saturated heterocycles. The van der Waals surface area contributed by atoms with Crippen LogP contribution in [0.25, 0.3) is 21.3 Å². The quantitative estimate of drug-likeness (QED) is 0.755. The molecular formula is C13H13N5S2. The van der Waals surface area contributed by atoms with Gasteiger partial charge in [0.1, 0.15) is 5.01 Å². The Balaban J connectivity index is 2.15. The molecule has 0 aromatic carbocycles. The van der Waals surface area contributed by atoms with Crippen molar-refractivity contribution < 1.29 is 0 Å². The Morgan fingerprint density at radius 3 is 2.70 bits per heavy atom. The molecule has 20 heavy (non-hydrogen) atoms. The summed E-state index contributed by atoms with van der Waals surface area (Å²) in [6.45, 7) is 2.09. The van der Waals surface area contributed by atoms with Crippen molar-refractivity contribution in [3.05, 3.63) is 35.0 Å². The monoisotopic (exact) mass is 303 g/mol. The maximum Gasteiger partial charge on any atom is 0.195 e. The Hall–Kier alpha value is -1.86. The van der Waals surface area contributed by atoms with Gasteiger partial charge in [0.2, 0.25) is 0 Å². The molecule has 0 unspecified atom stereocenters. The molecule has 3 rings (SSSR count). The first kappa shape index (κ1) is 13.1. The van der Waals surface area contributed by atoms with Crippen molar-refractivity contribution in [2.45, 2.75) is 13.3 Å². The standard InChI is InChI=1S/C13H13N5S2/c1-3-9-10(11-16-17-13(19)18(11)2)20-12(15-9)8-4-6-14-7-5-8/h4-7H,3H2,1-2H3,(H,17,19). The predicted molar refractivity (Wildman–Crippen MR) is 82.1 cm³/mol. The van der Waals surface area contributed by atoms with E-state index in [1.165, 1.54) is 0 Å². The minimum Gasteiger partial charge on any atom is -0.303 e. The molecule has 0 spiro atoms. The predicted octanol–water partition coefficient (Wildman–Crippen LogP) is 3.23. The zero-order valence-corrected chi connectivity index (χ0v) is 12.8. The van der Waals surface area contributed by atoms with Gasteiger partial charge in [0.15, 0.2) is 10.6 Å². The molecule has 1 N–H and O–H groups in total. The van der Waals surface area contributed by atoms with E-state index < -0.39 is 0 Å². The molecule has 0 amide bonds. The summed E-state index contributed by atoms with van der Waals surface area (Å²) in [5, 5.41) is 8.11. The average Bonchev–Trinajstić information content (AvgIpc) is 3.05. The van der Waals surface area contributed by atoms with Crippen LogP contribution >= 0.6 is 23.6 Å². The van der Waals surface area contributed by atoms with E-state index in [0.29, 0.717) is 4.77 Å². The number of pyridine rings is 1.